The molecule has 1 unspecified atom stereocenters. The number of carbonyl (C=O) groups excluding carboxylic acids is 3. The fourth-order valence-electron chi connectivity index (χ4n) is 2.99. The highest BCUT2D eigenvalue weighted by molar-refractivity contribution is 6.14. The smallest absolute Gasteiger partial charge is 0.326 e. The number of ether oxygens (including phenoxy) is 1. The maximum absolute atomic E-state index is 12.6. The van der Waals surface area contributed by atoms with Crippen molar-refractivity contribution in [2.24, 2.45) is 5.92 Å². The molecular weight excluding hydrogens is 332 g/mol. The Morgan fingerprint density at radius 3 is 2.48 bits per heavy atom. The first-order valence-corrected chi connectivity index (χ1v) is 7.77. The number of benzene rings is 1. The fourth-order valence-corrected chi connectivity index (χ4v) is 2.99. The zero-order valence-electron chi connectivity index (χ0n) is 13.1. The Balaban J connectivity index is 1.81. The summed E-state index contributed by atoms with van der Waals surface area (Å²) in [7, 11) is 0. The van der Waals surface area contributed by atoms with Gasteiger partial charge < -0.3 is 20.1 Å². The van der Waals surface area contributed by atoms with Crippen molar-refractivity contribution in [2.45, 2.75) is 24.5 Å². The highest BCUT2D eigenvalue weighted by Gasteiger charge is 2.50. The molecule has 4 N–H and O–H groups in total. The van der Waals surface area contributed by atoms with E-state index in [1.54, 1.807) is 30.3 Å². The molecule has 5 atom stereocenters. The van der Waals surface area contributed by atoms with Crippen LogP contribution < -0.4 is 5.32 Å². The number of aliphatic hydroxyl groups excluding tert-OH is 3. The van der Waals surface area contributed by atoms with Gasteiger partial charge in [0.1, 0.15) is 24.2 Å². The molecule has 0 aromatic heterocycles. The quantitative estimate of drug-likeness (QED) is 0.382. The van der Waals surface area contributed by atoms with Gasteiger partial charge in [-0.1, -0.05) is 30.3 Å². The molecule has 3 rings (SSSR count). The van der Waals surface area contributed by atoms with Gasteiger partial charge in [0, 0.05) is 12.1 Å². The van der Waals surface area contributed by atoms with Crippen molar-refractivity contribution in [1.82, 2.24) is 10.2 Å². The molecular formula is C16H18N2O7. The molecule has 134 valence electrons. The monoisotopic (exact) mass is 350 g/mol. The van der Waals surface area contributed by atoms with Crippen molar-refractivity contribution in [3.8, 4) is 0 Å². The van der Waals surface area contributed by atoms with Gasteiger partial charge in [-0.25, -0.2) is 4.79 Å². The molecule has 0 aliphatic carbocycles. The van der Waals surface area contributed by atoms with Gasteiger partial charge in [-0.3, -0.25) is 19.8 Å². The summed E-state index contributed by atoms with van der Waals surface area (Å²) in [6.45, 7) is -0.847. The topological polar surface area (TPSA) is 136 Å². The molecule has 9 nitrogen and oxygen atoms in total. The largest absolute Gasteiger partial charge is 0.394 e. The zero-order valence-corrected chi connectivity index (χ0v) is 13.1. The summed E-state index contributed by atoms with van der Waals surface area (Å²) < 4.78 is 5.31. The van der Waals surface area contributed by atoms with Gasteiger partial charge in [-0.05, 0) is 0 Å². The Kier molecular flexibility index (Phi) is 4.82. The van der Waals surface area contributed by atoms with Crippen LogP contribution >= 0.6 is 0 Å². The van der Waals surface area contributed by atoms with Crippen LogP contribution in [0.5, 0.6) is 0 Å². The number of hydrogen-bond acceptors (Lipinski definition) is 7. The first-order valence-electron chi connectivity index (χ1n) is 7.77. The second-order valence-corrected chi connectivity index (χ2v) is 5.96. The van der Waals surface area contributed by atoms with E-state index in [1.807, 2.05) is 0 Å². The molecule has 1 aromatic carbocycles. The van der Waals surface area contributed by atoms with Gasteiger partial charge in [0.25, 0.3) is 0 Å². The number of Topliss-reactive ketones (excluding diaryl/α,β-unsaturated/α-hetero) is 1. The van der Waals surface area contributed by atoms with Gasteiger partial charge in [0.15, 0.2) is 12.0 Å². The van der Waals surface area contributed by atoms with E-state index in [0.29, 0.717) is 5.56 Å². The van der Waals surface area contributed by atoms with Crippen molar-refractivity contribution < 1.29 is 34.4 Å². The number of urea groups is 1. The fraction of sp³-hybridized carbons (Fsp3) is 0.438. The number of amides is 3. The molecule has 1 aromatic rings. The van der Waals surface area contributed by atoms with E-state index in [4.69, 9.17) is 9.84 Å². The number of aliphatic hydroxyl groups is 3. The first-order chi connectivity index (χ1) is 11.9. The number of imide groups is 1. The lowest BCUT2D eigenvalue weighted by atomic mass is 9.94. The summed E-state index contributed by atoms with van der Waals surface area (Å²) >= 11 is 0. The number of nitrogens with one attached hydrogen (secondary N) is 1. The minimum atomic E-state index is -1.47. The number of rotatable bonds is 4. The standard InChI is InChI=1S/C16H18N2O7/c19-7-10-12(21)13(22)15(25-10)18-6-9(14(23)17-16(18)24)11(20)8-4-2-1-3-5-8/h1-5,9-10,12-13,15,19,21-22H,6-7H2,(H,17,23,24)/t9?,10-,12-,13-,15-/m1/s1. The van der Waals surface area contributed by atoms with Crippen molar-refractivity contribution in [1.29, 1.82) is 0 Å². The average Bonchev–Trinajstić information content (AvgIpc) is 2.90. The molecule has 0 spiro atoms. The van der Waals surface area contributed by atoms with Gasteiger partial charge >= 0.3 is 6.03 Å². The molecule has 2 fully saturated rings. The van der Waals surface area contributed by atoms with Crippen LogP contribution in [-0.4, -0.2) is 75.6 Å². The van der Waals surface area contributed by atoms with Crippen LogP contribution in [0.1, 0.15) is 10.4 Å². The van der Waals surface area contributed by atoms with Gasteiger partial charge in [0.05, 0.1) is 6.61 Å². The van der Waals surface area contributed by atoms with Crippen LogP contribution in [0, 0.1) is 5.92 Å². The molecule has 25 heavy (non-hydrogen) atoms. The molecule has 2 saturated heterocycles. The average molecular weight is 350 g/mol. The lowest BCUT2D eigenvalue weighted by Crippen LogP contribution is -2.61. The van der Waals surface area contributed by atoms with Crippen LogP contribution in [0.2, 0.25) is 0 Å². The molecule has 9 heteroatoms. The minimum Gasteiger partial charge on any atom is -0.394 e. The van der Waals surface area contributed by atoms with Crippen molar-refractivity contribution in [3.63, 3.8) is 0 Å². The molecule has 3 amide bonds. The van der Waals surface area contributed by atoms with Crippen LogP contribution in [0.15, 0.2) is 30.3 Å². The van der Waals surface area contributed by atoms with Crippen molar-refractivity contribution >= 4 is 17.7 Å². The predicted octanol–water partition coefficient (Wildman–Crippen LogP) is -1.52. The minimum absolute atomic E-state index is 0.301. The Bertz CT molecular complexity index is 680. The van der Waals surface area contributed by atoms with Gasteiger partial charge in [-0.2, -0.15) is 0 Å². The normalized spacial score (nSPS) is 32.6. The molecule has 2 aliphatic rings. The first kappa shape index (κ1) is 17.5. The third-order valence-corrected chi connectivity index (χ3v) is 4.39. The van der Waals surface area contributed by atoms with E-state index < -0.39 is 54.8 Å². The maximum atomic E-state index is 12.6. The van der Waals surface area contributed by atoms with E-state index in [1.165, 1.54) is 0 Å². The van der Waals surface area contributed by atoms with Crippen LogP contribution in [0.4, 0.5) is 4.79 Å². The van der Waals surface area contributed by atoms with E-state index in [0.717, 1.165) is 4.90 Å². The lowest BCUT2D eigenvalue weighted by Gasteiger charge is -2.36. The molecule has 0 saturated carbocycles. The second-order valence-electron chi connectivity index (χ2n) is 5.96. The van der Waals surface area contributed by atoms with Crippen LogP contribution in [-0.2, 0) is 9.53 Å². The lowest BCUT2D eigenvalue weighted by molar-refractivity contribution is -0.129. The predicted molar refractivity (Wildman–Crippen MR) is 82.3 cm³/mol. The third kappa shape index (κ3) is 3.14. The summed E-state index contributed by atoms with van der Waals surface area (Å²) in [6.07, 6.45) is -5.19. The maximum Gasteiger partial charge on any atom is 0.326 e. The van der Waals surface area contributed by atoms with Crippen molar-refractivity contribution in [2.75, 3.05) is 13.2 Å². The zero-order chi connectivity index (χ0) is 18.1. The van der Waals surface area contributed by atoms with E-state index in [2.05, 4.69) is 5.32 Å². The summed E-state index contributed by atoms with van der Waals surface area (Å²) in [5, 5.41) is 31.1. The molecule has 2 heterocycles. The van der Waals surface area contributed by atoms with Crippen LogP contribution in [0.25, 0.3) is 0 Å². The number of nitrogens with zero attached hydrogens (tertiary/aromatic N) is 1. The Morgan fingerprint density at radius 2 is 1.88 bits per heavy atom. The van der Waals surface area contributed by atoms with Crippen LogP contribution in [0.3, 0.4) is 0 Å². The second kappa shape index (κ2) is 6.89. The number of ketones is 1. The number of hydrogen-bond donors (Lipinski definition) is 4. The SMILES string of the molecule is O=C1NC(=O)N([C@@H]2O[C@H](CO)[C@@H](O)[C@H]2O)CC1C(=O)c1ccccc1. The molecule has 2 aliphatic heterocycles. The molecule has 0 radical (unpaired) electrons. The third-order valence-electron chi connectivity index (χ3n) is 4.39. The number of carbonyl (C=O) groups is 3. The van der Waals surface area contributed by atoms with Gasteiger partial charge in [0.2, 0.25) is 5.91 Å². The Labute approximate surface area is 142 Å². The highest BCUT2D eigenvalue weighted by Crippen LogP contribution is 2.27. The Morgan fingerprint density at radius 1 is 1.20 bits per heavy atom. The highest BCUT2D eigenvalue weighted by atomic mass is 16.6. The van der Waals surface area contributed by atoms with E-state index in [-0.39, 0.29) is 6.54 Å². The summed E-state index contributed by atoms with van der Waals surface area (Å²) in [6, 6.07) is 7.32. The van der Waals surface area contributed by atoms with E-state index >= 15 is 0 Å². The Hall–Kier alpha value is -2.33. The molecule has 0 bridgehead atoms. The summed E-state index contributed by atoms with van der Waals surface area (Å²) in [5.74, 6) is -2.37. The summed E-state index contributed by atoms with van der Waals surface area (Å²) in [4.78, 5) is 37.7. The van der Waals surface area contributed by atoms with Crippen molar-refractivity contribution in [3.05, 3.63) is 35.9 Å². The summed E-state index contributed by atoms with van der Waals surface area (Å²) in [5.41, 5.74) is 0.318. The van der Waals surface area contributed by atoms with Gasteiger partial charge in [-0.15, -0.1) is 0 Å². The van der Waals surface area contributed by atoms with E-state index in [9.17, 15) is 24.6 Å².